The van der Waals surface area contributed by atoms with Crippen LogP contribution in [-0.2, 0) is 16.6 Å². The minimum atomic E-state index is -3.39. The maximum Gasteiger partial charge on any atom is 0.240 e. The Bertz CT molecular complexity index is 630. The van der Waals surface area contributed by atoms with Gasteiger partial charge in [0.25, 0.3) is 0 Å². The lowest BCUT2D eigenvalue weighted by Crippen LogP contribution is -2.38. The lowest BCUT2D eigenvalue weighted by Gasteiger charge is -2.22. The van der Waals surface area contributed by atoms with Gasteiger partial charge in [-0.3, -0.25) is 4.99 Å². The Hall–Kier alpha value is -1.13. The third-order valence-corrected chi connectivity index (χ3v) is 4.86. The van der Waals surface area contributed by atoms with Crippen molar-refractivity contribution in [1.82, 2.24) is 14.9 Å². The number of nitrogens with zero attached hydrogens (tertiary/aromatic N) is 2. The third-order valence-electron chi connectivity index (χ3n) is 3.43. The molecule has 0 saturated heterocycles. The van der Waals surface area contributed by atoms with E-state index in [9.17, 15) is 8.42 Å². The Morgan fingerprint density at radius 3 is 2.46 bits per heavy atom. The number of guanidine groups is 1. The predicted octanol–water partition coefficient (Wildman–Crippen LogP) is 2.19. The highest BCUT2D eigenvalue weighted by Gasteiger charge is 2.10. The van der Waals surface area contributed by atoms with E-state index in [1.165, 1.54) is 7.05 Å². The van der Waals surface area contributed by atoms with Crippen molar-refractivity contribution in [3.05, 3.63) is 42.5 Å². The SMILES string of the molecule is C=CCCCN(C)C(=NC)NCc1ccc(S(=O)(=O)NC)cc1.I. The van der Waals surface area contributed by atoms with Crippen LogP contribution in [-0.4, -0.2) is 47.0 Å². The van der Waals surface area contributed by atoms with E-state index in [0.717, 1.165) is 30.9 Å². The molecule has 0 aliphatic heterocycles. The fourth-order valence-corrected chi connectivity index (χ4v) is 2.78. The number of allylic oxidation sites excluding steroid dienone is 1. The van der Waals surface area contributed by atoms with Gasteiger partial charge in [0.05, 0.1) is 4.90 Å². The monoisotopic (exact) mass is 466 g/mol. The molecule has 2 N–H and O–H groups in total. The van der Waals surface area contributed by atoms with Gasteiger partial charge in [-0.05, 0) is 37.6 Å². The maximum atomic E-state index is 11.7. The molecule has 0 unspecified atom stereocenters. The predicted molar refractivity (Wildman–Crippen MR) is 110 cm³/mol. The second-order valence-corrected chi connectivity index (χ2v) is 6.99. The van der Waals surface area contributed by atoms with Crippen LogP contribution >= 0.6 is 24.0 Å². The summed E-state index contributed by atoms with van der Waals surface area (Å²) in [5.41, 5.74) is 0.987. The standard InChI is InChI=1S/C16H26N4O2S.HI/c1-5-6-7-12-20(4)16(17-2)19-13-14-8-10-15(11-9-14)23(21,22)18-3;/h5,8-11,18H,1,6-7,12-13H2,2-4H3,(H,17,19);1H. The van der Waals surface area contributed by atoms with E-state index in [-0.39, 0.29) is 28.9 Å². The van der Waals surface area contributed by atoms with Crippen LogP contribution in [0.1, 0.15) is 18.4 Å². The van der Waals surface area contributed by atoms with E-state index >= 15 is 0 Å². The van der Waals surface area contributed by atoms with E-state index in [0.29, 0.717) is 6.54 Å². The first-order valence-electron chi connectivity index (χ1n) is 7.49. The topological polar surface area (TPSA) is 73.8 Å². The maximum absolute atomic E-state index is 11.7. The van der Waals surface area contributed by atoms with Gasteiger partial charge in [0.2, 0.25) is 10.0 Å². The quantitative estimate of drug-likeness (QED) is 0.203. The number of hydrogen-bond acceptors (Lipinski definition) is 3. The van der Waals surface area contributed by atoms with Crippen molar-refractivity contribution in [3.8, 4) is 0 Å². The number of sulfonamides is 1. The number of hydrogen-bond donors (Lipinski definition) is 2. The van der Waals surface area contributed by atoms with Gasteiger partial charge in [-0.15, -0.1) is 30.6 Å². The molecule has 0 atom stereocenters. The second kappa shape index (κ2) is 11.4. The van der Waals surface area contributed by atoms with Crippen LogP contribution in [0.3, 0.4) is 0 Å². The summed E-state index contributed by atoms with van der Waals surface area (Å²) in [4.78, 5) is 6.57. The largest absolute Gasteiger partial charge is 0.352 e. The zero-order valence-electron chi connectivity index (χ0n) is 14.4. The normalized spacial score (nSPS) is 11.5. The van der Waals surface area contributed by atoms with Crippen molar-refractivity contribution >= 4 is 40.0 Å². The number of unbranched alkanes of at least 4 members (excludes halogenated alkanes) is 1. The molecule has 0 radical (unpaired) electrons. The van der Waals surface area contributed by atoms with Gasteiger partial charge in [0.15, 0.2) is 5.96 Å². The van der Waals surface area contributed by atoms with E-state index in [1.807, 2.05) is 13.1 Å². The fraction of sp³-hybridized carbons (Fsp3) is 0.438. The van der Waals surface area contributed by atoms with Crippen LogP contribution in [0.25, 0.3) is 0 Å². The summed E-state index contributed by atoms with van der Waals surface area (Å²) < 4.78 is 25.7. The van der Waals surface area contributed by atoms with Crippen LogP contribution in [0, 0.1) is 0 Å². The number of halogens is 1. The van der Waals surface area contributed by atoms with Crippen molar-refractivity contribution in [2.24, 2.45) is 4.99 Å². The lowest BCUT2D eigenvalue weighted by molar-refractivity contribution is 0.470. The molecule has 0 aliphatic rings. The fourth-order valence-electron chi connectivity index (χ4n) is 2.05. The van der Waals surface area contributed by atoms with Gasteiger partial charge in [0, 0.05) is 27.2 Å². The first-order chi connectivity index (χ1) is 10.9. The van der Waals surface area contributed by atoms with Crippen molar-refractivity contribution < 1.29 is 8.42 Å². The molecule has 1 aromatic carbocycles. The van der Waals surface area contributed by atoms with Crippen LogP contribution in [0.15, 0.2) is 46.8 Å². The first-order valence-corrected chi connectivity index (χ1v) is 8.98. The lowest BCUT2D eigenvalue weighted by atomic mass is 10.2. The van der Waals surface area contributed by atoms with E-state index in [4.69, 9.17) is 0 Å². The smallest absolute Gasteiger partial charge is 0.240 e. The number of rotatable bonds is 8. The second-order valence-electron chi connectivity index (χ2n) is 5.10. The van der Waals surface area contributed by atoms with Gasteiger partial charge in [-0.2, -0.15) is 0 Å². The van der Waals surface area contributed by atoms with Crippen molar-refractivity contribution in [2.45, 2.75) is 24.3 Å². The van der Waals surface area contributed by atoms with Crippen LogP contribution in [0.5, 0.6) is 0 Å². The summed E-state index contributed by atoms with van der Waals surface area (Å²) in [5.74, 6) is 0.806. The van der Waals surface area contributed by atoms with Gasteiger partial charge in [0.1, 0.15) is 0 Å². The highest BCUT2D eigenvalue weighted by Crippen LogP contribution is 2.10. The zero-order chi connectivity index (χ0) is 17.3. The highest BCUT2D eigenvalue weighted by atomic mass is 127. The molecule has 0 aliphatic carbocycles. The summed E-state index contributed by atoms with van der Waals surface area (Å²) in [7, 11) is 1.74. The molecule has 8 heteroatoms. The number of benzene rings is 1. The molecule has 0 bridgehead atoms. The number of nitrogens with one attached hydrogen (secondary N) is 2. The van der Waals surface area contributed by atoms with Crippen molar-refractivity contribution in [3.63, 3.8) is 0 Å². The van der Waals surface area contributed by atoms with Gasteiger partial charge >= 0.3 is 0 Å². The molecular formula is C16H27IN4O2S. The Kier molecular flexibility index (Phi) is 10.9. The molecule has 1 aromatic rings. The average molecular weight is 466 g/mol. The Morgan fingerprint density at radius 1 is 1.33 bits per heavy atom. The molecule has 1 rings (SSSR count). The molecule has 0 spiro atoms. The van der Waals surface area contributed by atoms with Crippen LogP contribution in [0.4, 0.5) is 0 Å². The molecule has 0 aromatic heterocycles. The zero-order valence-corrected chi connectivity index (χ0v) is 17.6. The van der Waals surface area contributed by atoms with Crippen LogP contribution < -0.4 is 10.0 Å². The van der Waals surface area contributed by atoms with Crippen molar-refractivity contribution in [2.75, 3.05) is 27.7 Å². The molecule has 0 saturated carbocycles. The molecule has 6 nitrogen and oxygen atoms in total. The van der Waals surface area contributed by atoms with Gasteiger partial charge < -0.3 is 10.2 Å². The minimum absolute atomic E-state index is 0. The highest BCUT2D eigenvalue weighted by molar-refractivity contribution is 14.0. The molecule has 0 fully saturated rings. The average Bonchev–Trinajstić information content (AvgIpc) is 2.56. The summed E-state index contributed by atoms with van der Waals surface area (Å²) in [6.45, 7) is 5.19. The molecule has 0 amide bonds. The summed E-state index contributed by atoms with van der Waals surface area (Å²) >= 11 is 0. The molecule has 136 valence electrons. The van der Waals surface area contributed by atoms with Crippen molar-refractivity contribution in [1.29, 1.82) is 0 Å². The Labute approximate surface area is 162 Å². The molecular weight excluding hydrogens is 439 g/mol. The van der Waals surface area contributed by atoms with Crippen LogP contribution in [0.2, 0.25) is 0 Å². The summed E-state index contributed by atoms with van der Waals surface area (Å²) in [5, 5.41) is 3.27. The van der Waals surface area contributed by atoms with Gasteiger partial charge in [-0.1, -0.05) is 18.2 Å². The minimum Gasteiger partial charge on any atom is -0.352 e. The summed E-state index contributed by atoms with van der Waals surface area (Å²) in [6, 6.07) is 6.78. The van der Waals surface area contributed by atoms with Gasteiger partial charge in [-0.25, -0.2) is 13.1 Å². The number of aliphatic imine (C=N–C) groups is 1. The summed E-state index contributed by atoms with van der Waals surface area (Å²) in [6.07, 6.45) is 3.91. The van der Waals surface area contributed by atoms with E-state index < -0.39 is 10.0 Å². The van der Waals surface area contributed by atoms with E-state index in [1.54, 1.807) is 31.3 Å². The molecule has 24 heavy (non-hydrogen) atoms. The third kappa shape index (κ3) is 7.18. The van der Waals surface area contributed by atoms with E-state index in [2.05, 4.69) is 26.5 Å². The first kappa shape index (κ1) is 22.9. The Morgan fingerprint density at radius 2 is 1.96 bits per heavy atom. The molecule has 0 heterocycles. The Balaban J connectivity index is 0.00000529.